The second kappa shape index (κ2) is 7.41. The predicted molar refractivity (Wildman–Crippen MR) is 98.8 cm³/mol. The van der Waals surface area contributed by atoms with Gasteiger partial charge in [0.05, 0.1) is 6.61 Å². The molecule has 1 aromatic heterocycles. The molecule has 3 fully saturated rings. The van der Waals surface area contributed by atoms with Gasteiger partial charge in [-0.05, 0) is 61.3 Å². The van der Waals surface area contributed by atoms with Crippen molar-refractivity contribution in [1.82, 2.24) is 9.55 Å². The van der Waals surface area contributed by atoms with E-state index in [2.05, 4.69) is 10.3 Å². The van der Waals surface area contributed by atoms with Gasteiger partial charge in [0.25, 0.3) is 0 Å². The van der Waals surface area contributed by atoms with E-state index in [9.17, 15) is 9.59 Å². The van der Waals surface area contributed by atoms with Crippen molar-refractivity contribution in [3.63, 3.8) is 0 Å². The monoisotopic (exact) mass is 359 g/mol. The van der Waals surface area contributed by atoms with Crippen LogP contribution in [-0.2, 0) is 11.8 Å². The van der Waals surface area contributed by atoms with Crippen LogP contribution >= 0.6 is 0 Å². The van der Waals surface area contributed by atoms with Gasteiger partial charge in [-0.1, -0.05) is 25.7 Å². The van der Waals surface area contributed by atoms with Crippen LogP contribution in [0, 0.1) is 29.6 Å². The Balaban J connectivity index is 1.38. The highest BCUT2D eigenvalue weighted by Crippen LogP contribution is 2.57. The van der Waals surface area contributed by atoms with Crippen LogP contribution in [0.4, 0.5) is 10.6 Å². The molecule has 6 nitrogen and oxygen atoms in total. The first kappa shape index (κ1) is 17.6. The van der Waals surface area contributed by atoms with Crippen LogP contribution in [0.3, 0.4) is 0 Å². The van der Waals surface area contributed by atoms with E-state index in [1.165, 1.54) is 55.9 Å². The van der Waals surface area contributed by atoms with Gasteiger partial charge in [-0.3, -0.25) is 5.32 Å². The highest BCUT2D eigenvalue weighted by atomic mass is 16.5. The van der Waals surface area contributed by atoms with E-state index in [1.54, 1.807) is 19.3 Å². The van der Waals surface area contributed by atoms with Crippen molar-refractivity contribution in [2.45, 2.75) is 51.4 Å². The molecular weight excluding hydrogens is 330 g/mol. The van der Waals surface area contributed by atoms with Gasteiger partial charge >= 0.3 is 11.8 Å². The number of hydrogen-bond donors (Lipinski definition) is 1. The number of ether oxygens (including phenoxy) is 1. The Hall–Kier alpha value is -1.85. The largest absolute Gasteiger partial charge is 0.449 e. The molecule has 4 rings (SSSR count). The molecule has 4 atom stereocenters. The second-order valence-electron chi connectivity index (χ2n) is 8.32. The van der Waals surface area contributed by atoms with Crippen molar-refractivity contribution in [2.24, 2.45) is 36.6 Å². The fourth-order valence-corrected chi connectivity index (χ4v) is 5.92. The van der Waals surface area contributed by atoms with E-state index < -0.39 is 11.8 Å². The van der Waals surface area contributed by atoms with E-state index in [0.29, 0.717) is 12.5 Å². The fourth-order valence-electron chi connectivity index (χ4n) is 5.92. The molecule has 3 saturated carbocycles. The first-order chi connectivity index (χ1) is 12.6. The number of fused-ring (bicyclic) bond motifs is 3. The van der Waals surface area contributed by atoms with Gasteiger partial charge in [0.1, 0.15) is 5.82 Å². The molecule has 4 unspecified atom stereocenters. The third-order valence-electron chi connectivity index (χ3n) is 7.01. The zero-order valence-corrected chi connectivity index (χ0v) is 15.5. The molecule has 142 valence electrons. The Kier molecular flexibility index (Phi) is 5.00. The number of nitrogens with zero attached hydrogens (tertiary/aromatic N) is 2. The lowest BCUT2D eigenvalue weighted by Gasteiger charge is -2.32. The van der Waals surface area contributed by atoms with Crippen molar-refractivity contribution < 1.29 is 9.53 Å². The van der Waals surface area contributed by atoms with Crippen molar-refractivity contribution in [2.75, 3.05) is 11.9 Å². The molecule has 3 aliphatic carbocycles. The highest BCUT2D eigenvalue weighted by Gasteiger charge is 2.51. The zero-order valence-electron chi connectivity index (χ0n) is 15.5. The summed E-state index contributed by atoms with van der Waals surface area (Å²) in [4.78, 5) is 27.6. The normalized spacial score (nSPS) is 33.2. The van der Waals surface area contributed by atoms with Crippen LogP contribution in [0.1, 0.15) is 51.4 Å². The summed E-state index contributed by atoms with van der Waals surface area (Å²) in [5, 5.41) is 2.59. The molecule has 1 heterocycles. The molecule has 0 spiro atoms. The molecule has 6 heteroatoms. The topological polar surface area (TPSA) is 73.2 Å². The molecular formula is C20H29N3O3. The van der Waals surface area contributed by atoms with Crippen LogP contribution in [0.5, 0.6) is 0 Å². The first-order valence-corrected chi connectivity index (χ1v) is 10.1. The maximum atomic E-state index is 12.2. The van der Waals surface area contributed by atoms with Gasteiger partial charge in [-0.25, -0.2) is 9.59 Å². The summed E-state index contributed by atoms with van der Waals surface area (Å²) < 4.78 is 6.96. The molecule has 0 bridgehead atoms. The van der Waals surface area contributed by atoms with E-state index in [1.807, 2.05) is 0 Å². The van der Waals surface area contributed by atoms with Gasteiger partial charge in [-0.15, -0.1) is 0 Å². The number of carbonyl (C=O) groups is 1. The Morgan fingerprint density at radius 1 is 1.12 bits per heavy atom. The maximum absolute atomic E-state index is 12.2. The third kappa shape index (κ3) is 3.38. The minimum atomic E-state index is -0.502. The quantitative estimate of drug-likeness (QED) is 0.895. The SMILES string of the molecule is Cn1ccc(NC(=O)OCC2C3CCCCC3C3CCCCC32)nc1=O. The lowest BCUT2D eigenvalue weighted by atomic mass is 9.73. The van der Waals surface area contributed by atoms with Gasteiger partial charge in [0, 0.05) is 13.2 Å². The number of anilines is 1. The average Bonchev–Trinajstić information content (AvgIpc) is 2.97. The van der Waals surface area contributed by atoms with E-state index in [4.69, 9.17) is 4.74 Å². The smallest absolute Gasteiger partial charge is 0.412 e. The molecule has 26 heavy (non-hydrogen) atoms. The second-order valence-corrected chi connectivity index (χ2v) is 8.32. The van der Waals surface area contributed by atoms with Crippen LogP contribution in [0.2, 0.25) is 0 Å². The Morgan fingerprint density at radius 2 is 1.69 bits per heavy atom. The number of hydrogen-bond acceptors (Lipinski definition) is 4. The molecule has 3 aliphatic rings. The summed E-state index contributed by atoms with van der Waals surface area (Å²) in [6.07, 6.45) is 11.8. The van der Waals surface area contributed by atoms with Crippen molar-refractivity contribution in [3.05, 3.63) is 22.7 Å². The van der Waals surface area contributed by atoms with E-state index in [-0.39, 0.29) is 5.82 Å². The first-order valence-electron chi connectivity index (χ1n) is 10.1. The standard InChI is InChI=1S/C20H29N3O3/c1-23-11-10-18(21-19(23)24)22-20(25)26-12-17-15-8-4-2-6-13(15)14-7-3-5-9-16(14)17/h10-11,13-17H,2-9,12H2,1H3,(H,21,22,24,25). The zero-order chi connectivity index (χ0) is 18.1. The molecule has 1 aromatic rings. The van der Waals surface area contributed by atoms with E-state index in [0.717, 1.165) is 23.7 Å². The minimum absolute atomic E-state index is 0.246. The number of nitrogens with one attached hydrogen (secondary N) is 1. The molecule has 1 N–H and O–H groups in total. The van der Waals surface area contributed by atoms with Crippen LogP contribution in [-0.4, -0.2) is 22.3 Å². The molecule has 1 amide bonds. The predicted octanol–water partition coefficient (Wildman–Crippen LogP) is 3.57. The summed E-state index contributed by atoms with van der Waals surface area (Å²) in [5.74, 6) is 3.91. The van der Waals surface area contributed by atoms with Crippen LogP contribution in [0.25, 0.3) is 0 Å². The van der Waals surface area contributed by atoms with Crippen LogP contribution < -0.4 is 11.0 Å². The lowest BCUT2D eigenvalue weighted by molar-refractivity contribution is 0.0958. The summed E-state index contributed by atoms with van der Waals surface area (Å²) in [6.45, 7) is 0.499. The molecule has 0 aliphatic heterocycles. The third-order valence-corrected chi connectivity index (χ3v) is 7.01. The maximum Gasteiger partial charge on any atom is 0.412 e. The number of aryl methyl sites for hydroxylation is 1. The summed E-state index contributed by atoms with van der Waals surface area (Å²) in [7, 11) is 1.62. The Morgan fingerprint density at radius 3 is 2.27 bits per heavy atom. The lowest BCUT2D eigenvalue weighted by Crippen LogP contribution is -2.28. The molecule has 0 aromatic carbocycles. The Labute approximate surface area is 154 Å². The minimum Gasteiger partial charge on any atom is -0.449 e. The average molecular weight is 359 g/mol. The van der Waals surface area contributed by atoms with Gasteiger partial charge in [0.2, 0.25) is 0 Å². The number of amides is 1. The summed E-state index contributed by atoms with van der Waals surface area (Å²) in [5.41, 5.74) is -0.395. The van der Waals surface area contributed by atoms with Gasteiger partial charge in [0.15, 0.2) is 0 Å². The van der Waals surface area contributed by atoms with Gasteiger partial charge in [-0.2, -0.15) is 4.98 Å². The fraction of sp³-hybridized carbons (Fsp3) is 0.750. The van der Waals surface area contributed by atoms with Crippen LogP contribution in [0.15, 0.2) is 17.1 Å². The highest BCUT2D eigenvalue weighted by molar-refractivity contribution is 5.83. The molecule has 0 saturated heterocycles. The van der Waals surface area contributed by atoms with Crippen molar-refractivity contribution in [3.8, 4) is 0 Å². The summed E-state index contributed by atoms with van der Waals surface area (Å²) >= 11 is 0. The van der Waals surface area contributed by atoms with E-state index >= 15 is 0 Å². The summed E-state index contributed by atoms with van der Waals surface area (Å²) in [6, 6.07) is 1.60. The molecule has 0 radical (unpaired) electrons. The van der Waals surface area contributed by atoms with Gasteiger partial charge < -0.3 is 9.30 Å². The number of carbonyl (C=O) groups excluding carboxylic acids is 1. The number of rotatable bonds is 3. The van der Waals surface area contributed by atoms with Crippen molar-refractivity contribution >= 4 is 11.9 Å². The number of aromatic nitrogens is 2. The van der Waals surface area contributed by atoms with Crippen molar-refractivity contribution in [1.29, 1.82) is 0 Å². The Bertz CT molecular complexity index is 694.